The molecule has 24 heavy (non-hydrogen) atoms. The average molecular weight is 340 g/mol. The van der Waals surface area contributed by atoms with Crippen molar-refractivity contribution in [2.75, 3.05) is 13.2 Å². The lowest BCUT2D eigenvalue weighted by Gasteiger charge is -2.28. The van der Waals surface area contributed by atoms with E-state index < -0.39 is 5.92 Å². The van der Waals surface area contributed by atoms with Crippen LogP contribution in [0.4, 0.5) is 13.2 Å². The molecule has 0 aliphatic heterocycles. The number of aliphatic hydroxyl groups excluding tert-OH is 1. The fraction of sp³-hybridized carbons (Fsp3) is 0.556. The Morgan fingerprint density at radius 3 is 2.71 bits per heavy atom. The van der Waals surface area contributed by atoms with Crippen LogP contribution in [-0.2, 0) is 13.1 Å². The highest BCUT2D eigenvalue weighted by molar-refractivity contribution is 5.83. The molecule has 1 heterocycles. The lowest BCUT2D eigenvalue weighted by Crippen LogP contribution is -2.26. The summed E-state index contributed by atoms with van der Waals surface area (Å²) in [5.41, 5.74) is 1.64. The third-order valence-corrected chi connectivity index (χ3v) is 4.83. The van der Waals surface area contributed by atoms with E-state index in [0.29, 0.717) is 32.5 Å². The van der Waals surface area contributed by atoms with E-state index in [9.17, 15) is 13.2 Å². The van der Waals surface area contributed by atoms with Crippen molar-refractivity contribution in [2.45, 2.75) is 44.7 Å². The smallest absolute Gasteiger partial charge is 0.248 e. The highest BCUT2D eigenvalue weighted by Gasteiger charge is 2.34. The molecule has 0 amide bonds. The van der Waals surface area contributed by atoms with Gasteiger partial charge in [0, 0.05) is 44.1 Å². The summed E-state index contributed by atoms with van der Waals surface area (Å²) in [5.74, 6) is -2.62. The summed E-state index contributed by atoms with van der Waals surface area (Å²) in [6.07, 6.45) is 2.81. The fourth-order valence-corrected chi connectivity index (χ4v) is 3.50. The van der Waals surface area contributed by atoms with Gasteiger partial charge in [0.1, 0.15) is 5.82 Å². The van der Waals surface area contributed by atoms with Crippen LogP contribution in [0.2, 0.25) is 0 Å². The van der Waals surface area contributed by atoms with Gasteiger partial charge in [0.2, 0.25) is 5.92 Å². The van der Waals surface area contributed by atoms with E-state index in [-0.39, 0.29) is 31.2 Å². The largest absolute Gasteiger partial charge is 0.395 e. The highest BCUT2D eigenvalue weighted by atomic mass is 19.3. The number of aromatic nitrogens is 1. The zero-order valence-corrected chi connectivity index (χ0v) is 13.6. The topological polar surface area (TPSA) is 37.2 Å². The molecule has 1 saturated carbocycles. The number of alkyl halides is 2. The van der Waals surface area contributed by atoms with Crippen LogP contribution in [0.3, 0.4) is 0 Å². The maximum Gasteiger partial charge on any atom is 0.248 e. The monoisotopic (exact) mass is 340 g/mol. The number of nitrogens with zero attached hydrogens (tertiary/aromatic N) is 1. The van der Waals surface area contributed by atoms with Gasteiger partial charge in [0.15, 0.2) is 0 Å². The van der Waals surface area contributed by atoms with E-state index in [1.807, 2.05) is 16.8 Å². The quantitative estimate of drug-likeness (QED) is 0.787. The first-order chi connectivity index (χ1) is 11.5. The zero-order chi connectivity index (χ0) is 17.2. The molecule has 1 aromatic carbocycles. The van der Waals surface area contributed by atoms with Crippen LogP contribution in [0.25, 0.3) is 10.9 Å². The Kier molecular flexibility index (Phi) is 5.15. The molecule has 2 aromatic rings. The second kappa shape index (κ2) is 7.15. The first kappa shape index (κ1) is 17.3. The van der Waals surface area contributed by atoms with Gasteiger partial charge < -0.3 is 15.0 Å². The number of benzene rings is 1. The minimum atomic E-state index is -2.52. The molecule has 2 N–H and O–H groups in total. The number of nitrogens with one attached hydrogen (secondary N) is 1. The summed E-state index contributed by atoms with van der Waals surface area (Å²) in [6.45, 7) is 1.61. The van der Waals surface area contributed by atoms with Crippen molar-refractivity contribution in [2.24, 2.45) is 5.92 Å². The maximum absolute atomic E-state index is 14.0. The molecular formula is C18H23F3N2O. The normalized spacial score (nSPS) is 18.3. The predicted octanol–water partition coefficient (Wildman–Crippen LogP) is 3.69. The lowest BCUT2D eigenvalue weighted by atomic mass is 9.87. The second-order valence-electron chi connectivity index (χ2n) is 6.67. The molecule has 0 unspecified atom stereocenters. The molecule has 1 aromatic heterocycles. The number of hydrogen-bond donors (Lipinski definition) is 2. The maximum atomic E-state index is 14.0. The summed E-state index contributed by atoms with van der Waals surface area (Å²) in [4.78, 5) is 0. The Balaban J connectivity index is 1.77. The van der Waals surface area contributed by atoms with E-state index in [2.05, 4.69) is 5.32 Å². The molecular weight excluding hydrogens is 317 g/mol. The minimum absolute atomic E-state index is 0.0335. The highest BCUT2D eigenvalue weighted by Crippen LogP contribution is 2.37. The SMILES string of the molecule is OCCNCc1cc(F)cc2c1ccn2CC1CCC(F)(F)CC1. The molecule has 0 atom stereocenters. The van der Waals surface area contributed by atoms with Gasteiger partial charge in [-0.25, -0.2) is 13.2 Å². The van der Waals surface area contributed by atoms with Gasteiger partial charge >= 0.3 is 0 Å². The first-order valence-corrected chi connectivity index (χ1v) is 8.45. The van der Waals surface area contributed by atoms with Crippen LogP contribution < -0.4 is 5.32 Å². The number of rotatable bonds is 6. The van der Waals surface area contributed by atoms with Crippen LogP contribution >= 0.6 is 0 Å². The Bertz CT molecular complexity index is 689. The Morgan fingerprint density at radius 2 is 2.00 bits per heavy atom. The summed E-state index contributed by atoms with van der Waals surface area (Å²) < 4.78 is 42.5. The van der Waals surface area contributed by atoms with Crippen LogP contribution in [0.15, 0.2) is 24.4 Å². The molecule has 3 rings (SSSR count). The van der Waals surface area contributed by atoms with Gasteiger partial charge in [-0.3, -0.25) is 0 Å². The molecule has 0 spiro atoms. The number of halogens is 3. The van der Waals surface area contributed by atoms with E-state index in [4.69, 9.17) is 5.11 Å². The van der Waals surface area contributed by atoms with Crippen molar-refractivity contribution in [1.29, 1.82) is 0 Å². The molecule has 3 nitrogen and oxygen atoms in total. The van der Waals surface area contributed by atoms with E-state index in [0.717, 1.165) is 16.5 Å². The van der Waals surface area contributed by atoms with Crippen LogP contribution in [0.1, 0.15) is 31.2 Å². The summed E-state index contributed by atoms with van der Waals surface area (Å²) in [6, 6.07) is 4.95. The average Bonchev–Trinajstić information content (AvgIpc) is 2.92. The van der Waals surface area contributed by atoms with Crippen molar-refractivity contribution in [3.05, 3.63) is 35.8 Å². The molecule has 0 radical (unpaired) electrons. The van der Waals surface area contributed by atoms with Crippen molar-refractivity contribution in [3.8, 4) is 0 Å². The molecule has 1 aliphatic rings. The van der Waals surface area contributed by atoms with Crippen LogP contribution in [0.5, 0.6) is 0 Å². The van der Waals surface area contributed by atoms with Gasteiger partial charge in [-0.05, 0) is 42.5 Å². The van der Waals surface area contributed by atoms with Crippen molar-refractivity contribution in [3.63, 3.8) is 0 Å². The Hall–Kier alpha value is -1.53. The predicted molar refractivity (Wildman–Crippen MR) is 87.6 cm³/mol. The van der Waals surface area contributed by atoms with Crippen molar-refractivity contribution >= 4 is 10.9 Å². The van der Waals surface area contributed by atoms with Crippen LogP contribution in [-0.4, -0.2) is 28.7 Å². The van der Waals surface area contributed by atoms with E-state index in [1.54, 1.807) is 0 Å². The Morgan fingerprint density at radius 1 is 1.25 bits per heavy atom. The van der Waals surface area contributed by atoms with Crippen LogP contribution in [0, 0.1) is 11.7 Å². The first-order valence-electron chi connectivity index (χ1n) is 8.45. The molecule has 1 aliphatic carbocycles. The van der Waals surface area contributed by atoms with Gasteiger partial charge in [-0.15, -0.1) is 0 Å². The molecule has 1 fully saturated rings. The number of fused-ring (bicyclic) bond motifs is 1. The lowest BCUT2D eigenvalue weighted by molar-refractivity contribution is -0.0472. The fourth-order valence-electron chi connectivity index (χ4n) is 3.50. The van der Waals surface area contributed by atoms with Crippen molar-refractivity contribution in [1.82, 2.24) is 9.88 Å². The van der Waals surface area contributed by atoms with E-state index in [1.165, 1.54) is 12.1 Å². The molecule has 6 heteroatoms. The number of hydrogen-bond acceptors (Lipinski definition) is 2. The standard InChI is InChI=1S/C18H23F3N2O/c19-15-9-14(11-22-6-8-24)16-3-7-23(17(16)10-15)12-13-1-4-18(20,21)5-2-13/h3,7,9-10,13,22,24H,1-2,4-6,8,11-12H2. The second-order valence-corrected chi connectivity index (χ2v) is 6.67. The molecule has 0 saturated heterocycles. The third kappa shape index (κ3) is 3.92. The van der Waals surface area contributed by atoms with Crippen molar-refractivity contribution < 1.29 is 18.3 Å². The summed E-state index contributed by atoms with van der Waals surface area (Å²) in [7, 11) is 0. The zero-order valence-electron chi connectivity index (χ0n) is 13.6. The molecule has 0 bridgehead atoms. The Labute approximate surface area is 139 Å². The summed E-state index contributed by atoms with van der Waals surface area (Å²) >= 11 is 0. The van der Waals surface area contributed by atoms with Gasteiger partial charge in [0.25, 0.3) is 0 Å². The molecule has 132 valence electrons. The number of aliphatic hydroxyl groups is 1. The van der Waals surface area contributed by atoms with Gasteiger partial charge in [0.05, 0.1) is 12.1 Å². The van der Waals surface area contributed by atoms with Gasteiger partial charge in [-0.2, -0.15) is 0 Å². The third-order valence-electron chi connectivity index (χ3n) is 4.83. The van der Waals surface area contributed by atoms with Gasteiger partial charge in [-0.1, -0.05) is 0 Å². The summed E-state index contributed by atoms with van der Waals surface area (Å²) in [5, 5.41) is 12.9. The minimum Gasteiger partial charge on any atom is -0.395 e. The van der Waals surface area contributed by atoms with E-state index >= 15 is 0 Å².